The zero-order valence-electron chi connectivity index (χ0n) is 15.3. The highest BCUT2D eigenvalue weighted by molar-refractivity contribution is 7.89. The number of morpholine rings is 1. The molecule has 2 rings (SSSR count). The van der Waals surface area contributed by atoms with E-state index in [-0.39, 0.29) is 35.2 Å². The van der Waals surface area contributed by atoms with Gasteiger partial charge in [0, 0.05) is 18.7 Å². The molecule has 0 saturated carbocycles. The van der Waals surface area contributed by atoms with Crippen LogP contribution in [0.5, 0.6) is 0 Å². The van der Waals surface area contributed by atoms with Crippen molar-refractivity contribution < 1.29 is 26.4 Å². The number of rotatable bonds is 8. The maximum absolute atomic E-state index is 12.7. The van der Waals surface area contributed by atoms with Crippen LogP contribution in [0.1, 0.15) is 30.6 Å². The van der Waals surface area contributed by atoms with E-state index in [1.807, 2.05) is 18.7 Å². The molecule has 11 heteroatoms. The molecule has 0 unspecified atom stereocenters. The van der Waals surface area contributed by atoms with E-state index in [0.29, 0.717) is 19.6 Å². The SMILES string of the molecule is CC(C)CCS(=O)(=O)NNC(=O)c1cccc(S(=O)(=O)N2CCOCC2)c1. The van der Waals surface area contributed by atoms with Gasteiger partial charge in [0.25, 0.3) is 5.91 Å². The maximum Gasteiger partial charge on any atom is 0.266 e. The van der Waals surface area contributed by atoms with Gasteiger partial charge in [-0.2, -0.15) is 4.31 Å². The predicted octanol–water partition coefficient (Wildman–Crippen LogP) is 0.318. The molecular weight excluding hydrogens is 394 g/mol. The number of nitrogens with zero attached hydrogens (tertiary/aromatic N) is 1. The van der Waals surface area contributed by atoms with Gasteiger partial charge in [0.05, 0.1) is 23.9 Å². The fourth-order valence-corrected chi connectivity index (χ4v) is 4.96. The van der Waals surface area contributed by atoms with Gasteiger partial charge in [-0.1, -0.05) is 19.9 Å². The molecule has 0 aliphatic carbocycles. The molecule has 1 saturated heterocycles. The first-order valence-corrected chi connectivity index (χ1v) is 11.7. The summed E-state index contributed by atoms with van der Waals surface area (Å²) in [6.07, 6.45) is 0.457. The summed E-state index contributed by atoms with van der Waals surface area (Å²) >= 11 is 0. The van der Waals surface area contributed by atoms with Gasteiger partial charge in [-0.3, -0.25) is 10.2 Å². The van der Waals surface area contributed by atoms with E-state index in [9.17, 15) is 21.6 Å². The van der Waals surface area contributed by atoms with Crippen molar-refractivity contribution in [3.05, 3.63) is 29.8 Å². The molecule has 2 N–H and O–H groups in total. The second kappa shape index (κ2) is 9.11. The van der Waals surface area contributed by atoms with Crippen molar-refractivity contribution in [2.45, 2.75) is 25.2 Å². The first kappa shape index (κ1) is 21.8. The number of nitrogens with one attached hydrogen (secondary N) is 2. The fraction of sp³-hybridized carbons (Fsp3) is 0.562. The highest BCUT2D eigenvalue weighted by atomic mass is 32.2. The van der Waals surface area contributed by atoms with E-state index >= 15 is 0 Å². The number of sulfonamides is 2. The van der Waals surface area contributed by atoms with Crippen LogP contribution in [0.15, 0.2) is 29.2 Å². The molecule has 27 heavy (non-hydrogen) atoms. The number of hydrazine groups is 1. The molecule has 152 valence electrons. The van der Waals surface area contributed by atoms with E-state index in [1.54, 1.807) is 0 Å². The number of carbonyl (C=O) groups is 1. The Balaban J connectivity index is 2.07. The molecule has 1 aromatic carbocycles. The molecule has 0 aromatic heterocycles. The molecule has 1 aliphatic heterocycles. The van der Waals surface area contributed by atoms with Gasteiger partial charge >= 0.3 is 0 Å². The number of hydrogen-bond donors (Lipinski definition) is 2. The van der Waals surface area contributed by atoms with Gasteiger partial charge in [-0.25, -0.2) is 16.8 Å². The molecule has 0 spiro atoms. The third kappa shape index (κ3) is 6.25. The van der Waals surface area contributed by atoms with Crippen LogP contribution in [0.2, 0.25) is 0 Å². The lowest BCUT2D eigenvalue weighted by Crippen LogP contribution is -2.43. The van der Waals surface area contributed by atoms with Crippen molar-refractivity contribution in [2.75, 3.05) is 32.1 Å². The summed E-state index contributed by atoms with van der Waals surface area (Å²) in [4.78, 5) is 14.2. The van der Waals surface area contributed by atoms with Crippen LogP contribution in [-0.4, -0.2) is 59.1 Å². The van der Waals surface area contributed by atoms with Crippen LogP contribution in [-0.2, 0) is 24.8 Å². The normalized spacial score (nSPS) is 16.4. The summed E-state index contributed by atoms with van der Waals surface area (Å²) in [6, 6.07) is 5.47. The maximum atomic E-state index is 12.7. The number of hydrogen-bond acceptors (Lipinski definition) is 6. The summed E-state index contributed by atoms with van der Waals surface area (Å²) < 4.78 is 55.5. The largest absolute Gasteiger partial charge is 0.379 e. The van der Waals surface area contributed by atoms with Crippen molar-refractivity contribution in [1.82, 2.24) is 14.6 Å². The van der Waals surface area contributed by atoms with Crippen molar-refractivity contribution in [3.8, 4) is 0 Å². The minimum atomic E-state index is -3.74. The van der Waals surface area contributed by atoms with E-state index in [0.717, 1.165) is 0 Å². The Morgan fingerprint density at radius 3 is 2.48 bits per heavy atom. The smallest absolute Gasteiger partial charge is 0.266 e. The van der Waals surface area contributed by atoms with E-state index in [2.05, 4.69) is 5.43 Å². The first-order chi connectivity index (χ1) is 12.6. The molecule has 0 bridgehead atoms. The van der Waals surface area contributed by atoms with Crippen LogP contribution < -0.4 is 10.3 Å². The Kier molecular flexibility index (Phi) is 7.34. The number of benzene rings is 1. The molecule has 0 atom stereocenters. The molecule has 1 heterocycles. The zero-order valence-corrected chi connectivity index (χ0v) is 17.0. The minimum absolute atomic E-state index is 0.0280. The molecular formula is C16H25N3O6S2. The lowest BCUT2D eigenvalue weighted by molar-refractivity contribution is 0.0730. The molecule has 9 nitrogen and oxygen atoms in total. The Labute approximate surface area is 160 Å². The van der Waals surface area contributed by atoms with Gasteiger partial charge in [0.1, 0.15) is 0 Å². The zero-order chi connectivity index (χ0) is 20.1. The molecule has 1 aliphatic rings. The molecule has 1 aromatic rings. The topological polar surface area (TPSA) is 122 Å². The highest BCUT2D eigenvalue weighted by Gasteiger charge is 2.27. The number of ether oxygens (including phenoxy) is 1. The Morgan fingerprint density at radius 1 is 1.19 bits per heavy atom. The summed E-state index contributed by atoms with van der Waals surface area (Å²) in [6.45, 7) is 4.92. The summed E-state index contributed by atoms with van der Waals surface area (Å²) in [7, 11) is -7.40. The minimum Gasteiger partial charge on any atom is -0.379 e. The van der Waals surface area contributed by atoms with Gasteiger partial charge in [0.15, 0.2) is 0 Å². The fourth-order valence-electron chi connectivity index (χ4n) is 2.37. The molecule has 1 fully saturated rings. The van der Waals surface area contributed by atoms with E-state index < -0.39 is 26.0 Å². The second-order valence-corrected chi connectivity index (χ2v) is 10.4. The highest BCUT2D eigenvalue weighted by Crippen LogP contribution is 2.18. The Bertz CT molecular complexity index is 862. The third-order valence-corrected chi connectivity index (χ3v) is 7.07. The van der Waals surface area contributed by atoms with Crippen molar-refractivity contribution in [2.24, 2.45) is 5.92 Å². The van der Waals surface area contributed by atoms with E-state index in [4.69, 9.17) is 4.74 Å². The van der Waals surface area contributed by atoms with Crippen LogP contribution in [0.3, 0.4) is 0 Å². The monoisotopic (exact) mass is 419 g/mol. The average Bonchev–Trinajstić information content (AvgIpc) is 2.65. The summed E-state index contributed by atoms with van der Waals surface area (Å²) in [5.74, 6) is -0.641. The standard InChI is InChI=1S/C16H25N3O6S2/c1-13(2)6-11-26(21,22)18-17-16(20)14-4-3-5-15(12-14)27(23,24)19-7-9-25-10-8-19/h3-5,12-13,18H,6-11H2,1-2H3,(H,17,20). The van der Waals surface area contributed by atoms with Crippen molar-refractivity contribution >= 4 is 26.0 Å². The number of carbonyl (C=O) groups excluding carboxylic acids is 1. The summed E-state index contributed by atoms with van der Waals surface area (Å²) in [5, 5.41) is 0. The molecule has 0 radical (unpaired) electrons. The van der Waals surface area contributed by atoms with Crippen LogP contribution >= 0.6 is 0 Å². The second-order valence-electron chi connectivity index (χ2n) is 6.60. The predicted molar refractivity (Wildman–Crippen MR) is 99.9 cm³/mol. The molecule has 1 amide bonds. The van der Waals surface area contributed by atoms with Crippen LogP contribution in [0.25, 0.3) is 0 Å². The Morgan fingerprint density at radius 2 is 1.85 bits per heavy atom. The van der Waals surface area contributed by atoms with Crippen molar-refractivity contribution in [1.29, 1.82) is 0 Å². The van der Waals surface area contributed by atoms with Crippen LogP contribution in [0, 0.1) is 5.92 Å². The number of amides is 1. The lowest BCUT2D eigenvalue weighted by Gasteiger charge is -2.26. The van der Waals surface area contributed by atoms with Crippen molar-refractivity contribution in [3.63, 3.8) is 0 Å². The first-order valence-electron chi connectivity index (χ1n) is 8.59. The van der Waals surface area contributed by atoms with Gasteiger partial charge in [0.2, 0.25) is 20.0 Å². The van der Waals surface area contributed by atoms with Gasteiger partial charge in [-0.05, 0) is 30.5 Å². The Hall–Kier alpha value is -1.53. The summed E-state index contributed by atoms with van der Waals surface area (Å²) in [5.41, 5.74) is 2.15. The van der Waals surface area contributed by atoms with E-state index in [1.165, 1.54) is 28.6 Å². The third-order valence-electron chi connectivity index (χ3n) is 3.99. The quantitative estimate of drug-likeness (QED) is 0.585. The lowest BCUT2D eigenvalue weighted by atomic mass is 10.2. The van der Waals surface area contributed by atoms with Gasteiger partial charge in [-0.15, -0.1) is 4.83 Å². The van der Waals surface area contributed by atoms with Gasteiger partial charge < -0.3 is 4.74 Å². The van der Waals surface area contributed by atoms with Crippen LogP contribution in [0.4, 0.5) is 0 Å². The average molecular weight is 420 g/mol.